The molecule has 0 saturated carbocycles. The number of nitrogens with one attached hydrogen (secondary N) is 1. The lowest BCUT2D eigenvalue weighted by molar-refractivity contribution is 0.297. The van der Waals surface area contributed by atoms with Gasteiger partial charge in [-0.1, -0.05) is 6.92 Å². The van der Waals surface area contributed by atoms with Gasteiger partial charge in [-0.15, -0.1) is 35.3 Å². The second-order valence-electron chi connectivity index (χ2n) is 5.44. The van der Waals surface area contributed by atoms with Gasteiger partial charge in [0.15, 0.2) is 17.5 Å². The summed E-state index contributed by atoms with van der Waals surface area (Å²) in [5.74, 6) is 1.89. The van der Waals surface area contributed by atoms with Crippen LogP contribution in [0.25, 0.3) is 0 Å². The third-order valence-corrected chi connectivity index (χ3v) is 4.61. The van der Waals surface area contributed by atoms with Gasteiger partial charge in [-0.25, -0.2) is 4.98 Å². The van der Waals surface area contributed by atoms with Crippen LogP contribution in [0.3, 0.4) is 0 Å². The minimum absolute atomic E-state index is 0. The first-order valence-electron chi connectivity index (χ1n) is 8.14. The van der Waals surface area contributed by atoms with Crippen molar-refractivity contribution in [1.82, 2.24) is 4.98 Å². The molecule has 2 heterocycles. The van der Waals surface area contributed by atoms with Crippen LogP contribution in [0.15, 0.2) is 28.6 Å². The standard InChI is InChI=1S/C17H22N4O2S.HI/c1-2-16-20-13(11-24-16)6-7-19-17(18)21-12-4-5-14-15(10-12)23-9-3-8-22-14;/h4-5,10-11H,2-3,6-9H2,1H3,(H3,18,19,21);1H. The zero-order valence-electron chi connectivity index (χ0n) is 14.2. The van der Waals surface area contributed by atoms with Crippen molar-refractivity contribution in [2.75, 3.05) is 25.1 Å². The number of aryl methyl sites for hydroxylation is 1. The summed E-state index contributed by atoms with van der Waals surface area (Å²) in [6, 6.07) is 5.68. The van der Waals surface area contributed by atoms with Crippen molar-refractivity contribution in [2.24, 2.45) is 10.7 Å². The van der Waals surface area contributed by atoms with E-state index in [2.05, 4.69) is 27.6 Å². The summed E-state index contributed by atoms with van der Waals surface area (Å²) in [5.41, 5.74) is 7.87. The van der Waals surface area contributed by atoms with E-state index in [9.17, 15) is 0 Å². The number of guanidine groups is 1. The van der Waals surface area contributed by atoms with Gasteiger partial charge in [0.25, 0.3) is 0 Å². The maximum atomic E-state index is 5.96. The number of aromatic nitrogens is 1. The molecule has 1 aromatic carbocycles. The number of halogens is 1. The van der Waals surface area contributed by atoms with E-state index in [4.69, 9.17) is 15.2 Å². The molecule has 0 spiro atoms. The van der Waals surface area contributed by atoms with Crippen LogP contribution in [0.2, 0.25) is 0 Å². The molecule has 0 atom stereocenters. The topological polar surface area (TPSA) is 81.8 Å². The molecular weight excluding hydrogens is 451 g/mol. The van der Waals surface area contributed by atoms with Gasteiger partial charge in [0.2, 0.25) is 0 Å². The Kier molecular flexibility index (Phi) is 7.76. The molecule has 0 saturated heterocycles. The number of rotatable bonds is 5. The smallest absolute Gasteiger partial charge is 0.193 e. The number of aliphatic imine (C=N–C) groups is 1. The number of hydrogen-bond acceptors (Lipinski definition) is 5. The molecule has 0 bridgehead atoms. The van der Waals surface area contributed by atoms with Gasteiger partial charge in [-0.2, -0.15) is 0 Å². The van der Waals surface area contributed by atoms with E-state index in [0.29, 0.717) is 25.7 Å². The summed E-state index contributed by atoms with van der Waals surface area (Å²) < 4.78 is 11.3. The molecule has 1 aliphatic heterocycles. The Hall–Kier alpha value is -1.55. The van der Waals surface area contributed by atoms with Crippen LogP contribution in [0, 0.1) is 0 Å². The van der Waals surface area contributed by atoms with Gasteiger partial charge in [0, 0.05) is 36.5 Å². The summed E-state index contributed by atoms with van der Waals surface area (Å²) in [6.07, 6.45) is 2.65. The van der Waals surface area contributed by atoms with Crippen LogP contribution in [-0.2, 0) is 12.8 Å². The van der Waals surface area contributed by atoms with E-state index in [1.807, 2.05) is 18.2 Å². The Labute approximate surface area is 168 Å². The Morgan fingerprint density at radius 1 is 1.32 bits per heavy atom. The van der Waals surface area contributed by atoms with Gasteiger partial charge < -0.3 is 20.5 Å². The molecule has 3 rings (SSSR count). The van der Waals surface area contributed by atoms with Crippen LogP contribution in [0.1, 0.15) is 24.0 Å². The molecular formula is C17H23IN4O2S. The Bertz CT molecular complexity index is 720. The van der Waals surface area contributed by atoms with E-state index in [1.54, 1.807) is 11.3 Å². The number of benzene rings is 1. The van der Waals surface area contributed by atoms with Gasteiger partial charge >= 0.3 is 0 Å². The second-order valence-corrected chi connectivity index (χ2v) is 6.38. The van der Waals surface area contributed by atoms with Gasteiger partial charge in [0.1, 0.15) is 0 Å². The lowest BCUT2D eigenvalue weighted by atomic mass is 10.3. The van der Waals surface area contributed by atoms with E-state index in [-0.39, 0.29) is 24.0 Å². The maximum absolute atomic E-state index is 5.96. The first-order valence-corrected chi connectivity index (χ1v) is 9.02. The minimum atomic E-state index is 0. The molecule has 3 N–H and O–H groups in total. The van der Waals surface area contributed by atoms with Crippen LogP contribution >= 0.6 is 35.3 Å². The van der Waals surface area contributed by atoms with Crippen LogP contribution in [0.4, 0.5) is 5.69 Å². The normalized spacial score (nSPS) is 13.7. The number of nitrogens with two attached hydrogens (primary N) is 1. The maximum Gasteiger partial charge on any atom is 0.193 e. The highest BCUT2D eigenvalue weighted by molar-refractivity contribution is 14.0. The molecule has 6 nitrogen and oxygen atoms in total. The first kappa shape index (κ1) is 19.8. The van der Waals surface area contributed by atoms with Gasteiger partial charge in [0.05, 0.1) is 23.9 Å². The SMILES string of the molecule is CCc1nc(CCN=C(N)Nc2ccc3c(c2)OCCCO3)cs1.I. The Morgan fingerprint density at radius 3 is 2.88 bits per heavy atom. The van der Waals surface area contributed by atoms with E-state index in [0.717, 1.165) is 47.2 Å². The van der Waals surface area contributed by atoms with Crippen LogP contribution < -0.4 is 20.5 Å². The summed E-state index contributed by atoms with van der Waals surface area (Å²) in [6.45, 7) is 4.06. The quantitative estimate of drug-likeness (QED) is 0.394. The summed E-state index contributed by atoms with van der Waals surface area (Å²) in [5, 5.41) is 6.33. The number of anilines is 1. The number of nitrogens with zero attached hydrogens (tertiary/aromatic N) is 2. The molecule has 0 unspecified atom stereocenters. The third-order valence-electron chi connectivity index (χ3n) is 3.57. The molecule has 2 aromatic rings. The Balaban J connectivity index is 0.00000225. The Morgan fingerprint density at radius 2 is 2.12 bits per heavy atom. The van der Waals surface area contributed by atoms with Crippen molar-refractivity contribution in [2.45, 2.75) is 26.2 Å². The largest absolute Gasteiger partial charge is 0.490 e. The average molecular weight is 474 g/mol. The number of fused-ring (bicyclic) bond motifs is 1. The summed E-state index contributed by atoms with van der Waals surface area (Å²) in [7, 11) is 0. The zero-order chi connectivity index (χ0) is 16.8. The molecule has 25 heavy (non-hydrogen) atoms. The van der Waals surface area contributed by atoms with Crippen LogP contribution in [0.5, 0.6) is 11.5 Å². The molecule has 0 radical (unpaired) electrons. The fourth-order valence-corrected chi connectivity index (χ4v) is 3.12. The number of ether oxygens (including phenoxy) is 2. The second kappa shape index (κ2) is 9.81. The zero-order valence-corrected chi connectivity index (χ0v) is 17.3. The predicted octanol–water partition coefficient (Wildman–Crippen LogP) is 3.45. The minimum Gasteiger partial charge on any atom is -0.490 e. The molecule has 1 aliphatic rings. The lowest BCUT2D eigenvalue weighted by Gasteiger charge is -2.10. The molecule has 0 amide bonds. The molecule has 0 aliphatic carbocycles. The van der Waals surface area contributed by atoms with Crippen molar-refractivity contribution in [3.05, 3.63) is 34.3 Å². The van der Waals surface area contributed by atoms with Gasteiger partial charge in [-0.05, 0) is 18.6 Å². The molecule has 8 heteroatoms. The van der Waals surface area contributed by atoms with Crippen molar-refractivity contribution in [3.63, 3.8) is 0 Å². The summed E-state index contributed by atoms with van der Waals surface area (Å²) >= 11 is 1.69. The fraction of sp³-hybridized carbons (Fsp3) is 0.412. The highest BCUT2D eigenvalue weighted by Gasteiger charge is 2.10. The summed E-state index contributed by atoms with van der Waals surface area (Å²) in [4.78, 5) is 8.88. The molecule has 1 aromatic heterocycles. The third kappa shape index (κ3) is 5.74. The predicted molar refractivity (Wildman–Crippen MR) is 113 cm³/mol. The highest BCUT2D eigenvalue weighted by Crippen LogP contribution is 2.32. The van der Waals surface area contributed by atoms with Crippen molar-refractivity contribution < 1.29 is 9.47 Å². The van der Waals surface area contributed by atoms with Crippen molar-refractivity contribution in [3.8, 4) is 11.5 Å². The van der Waals surface area contributed by atoms with Crippen molar-refractivity contribution >= 4 is 47.0 Å². The number of thiazole rings is 1. The highest BCUT2D eigenvalue weighted by atomic mass is 127. The lowest BCUT2D eigenvalue weighted by Crippen LogP contribution is -2.23. The fourth-order valence-electron chi connectivity index (χ4n) is 2.35. The monoisotopic (exact) mass is 474 g/mol. The molecule has 0 fully saturated rings. The molecule has 136 valence electrons. The first-order chi connectivity index (χ1) is 11.7. The van der Waals surface area contributed by atoms with E-state index < -0.39 is 0 Å². The van der Waals surface area contributed by atoms with E-state index in [1.165, 1.54) is 0 Å². The average Bonchev–Trinajstić information content (AvgIpc) is 2.91. The van der Waals surface area contributed by atoms with Gasteiger partial charge in [-0.3, -0.25) is 4.99 Å². The number of hydrogen-bond donors (Lipinski definition) is 2. The van der Waals surface area contributed by atoms with Crippen molar-refractivity contribution in [1.29, 1.82) is 0 Å². The van der Waals surface area contributed by atoms with Crippen LogP contribution in [-0.4, -0.2) is 30.7 Å². The van der Waals surface area contributed by atoms with E-state index >= 15 is 0 Å².